The Morgan fingerprint density at radius 3 is 2.74 bits per heavy atom. The first-order chi connectivity index (χ1) is 9.20. The van der Waals surface area contributed by atoms with E-state index in [1.807, 2.05) is 50.2 Å². The molecule has 0 saturated carbocycles. The molecule has 4 heteroatoms. The van der Waals surface area contributed by atoms with Gasteiger partial charge in [-0.1, -0.05) is 18.2 Å². The third-order valence-electron chi connectivity index (χ3n) is 2.81. The van der Waals surface area contributed by atoms with E-state index in [9.17, 15) is 0 Å². The van der Waals surface area contributed by atoms with Crippen LogP contribution in [0.1, 0.15) is 24.0 Å². The Kier molecular flexibility index (Phi) is 4.23. The second-order valence-corrected chi connectivity index (χ2v) is 4.25. The maximum atomic E-state index is 5.50. The number of benzene rings is 1. The molecule has 0 unspecified atom stereocenters. The smallest absolute Gasteiger partial charge is 0.149 e. The normalized spacial score (nSPS) is 11.4. The molecule has 4 nitrogen and oxygen atoms in total. The molecule has 1 aromatic carbocycles. The Hall–Kier alpha value is -2.23. The molecule has 0 radical (unpaired) electrons. The quantitative estimate of drug-likeness (QED) is 0.662. The second kappa shape index (κ2) is 6.09. The van der Waals surface area contributed by atoms with Crippen LogP contribution >= 0.6 is 0 Å². The van der Waals surface area contributed by atoms with E-state index in [0.717, 1.165) is 28.5 Å². The fourth-order valence-electron chi connectivity index (χ4n) is 1.78. The zero-order valence-corrected chi connectivity index (χ0v) is 11.4. The van der Waals surface area contributed by atoms with Crippen molar-refractivity contribution in [2.24, 2.45) is 5.10 Å². The number of methoxy groups -OCH3 is 1. The monoisotopic (exact) mass is 258 g/mol. The van der Waals surface area contributed by atoms with E-state index in [2.05, 4.69) is 10.5 Å². The van der Waals surface area contributed by atoms with Crippen molar-refractivity contribution < 1.29 is 9.15 Å². The lowest BCUT2D eigenvalue weighted by Crippen LogP contribution is -2.09. The van der Waals surface area contributed by atoms with Crippen LogP contribution in [-0.4, -0.2) is 12.8 Å². The van der Waals surface area contributed by atoms with Crippen LogP contribution in [0.3, 0.4) is 0 Å². The molecule has 0 aliphatic heterocycles. The van der Waals surface area contributed by atoms with Gasteiger partial charge in [-0.25, -0.2) is 0 Å². The molecule has 0 aliphatic rings. The summed E-state index contributed by atoms with van der Waals surface area (Å²) in [6.07, 6.45) is 0. The fraction of sp³-hybridized carbons (Fsp3) is 0.267. The van der Waals surface area contributed by atoms with Crippen molar-refractivity contribution in [3.63, 3.8) is 0 Å². The number of hydrogen-bond acceptors (Lipinski definition) is 4. The van der Waals surface area contributed by atoms with Gasteiger partial charge in [0.1, 0.15) is 17.3 Å². The number of furan rings is 1. The highest BCUT2D eigenvalue weighted by Gasteiger charge is 2.03. The lowest BCUT2D eigenvalue weighted by Gasteiger charge is -2.07. The summed E-state index contributed by atoms with van der Waals surface area (Å²) in [6.45, 7) is 4.44. The Balaban J connectivity index is 1.99. The van der Waals surface area contributed by atoms with Crippen LogP contribution in [0.4, 0.5) is 0 Å². The van der Waals surface area contributed by atoms with Crippen LogP contribution in [0, 0.1) is 6.92 Å². The summed E-state index contributed by atoms with van der Waals surface area (Å²) in [7, 11) is 1.67. The van der Waals surface area contributed by atoms with Gasteiger partial charge >= 0.3 is 0 Å². The van der Waals surface area contributed by atoms with Crippen LogP contribution in [0.2, 0.25) is 0 Å². The number of aryl methyl sites for hydroxylation is 1. The molecule has 0 amide bonds. The van der Waals surface area contributed by atoms with Gasteiger partial charge in [0.2, 0.25) is 0 Å². The summed E-state index contributed by atoms with van der Waals surface area (Å²) in [5.41, 5.74) is 4.92. The highest BCUT2D eigenvalue weighted by atomic mass is 16.5. The number of nitrogens with zero attached hydrogens (tertiary/aromatic N) is 1. The van der Waals surface area contributed by atoms with Crippen molar-refractivity contribution >= 4 is 5.71 Å². The molecule has 19 heavy (non-hydrogen) atoms. The van der Waals surface area contributed by atoms with Gasteiger partial charge in [0.05, 0.1) is 19.4 Å². The van der Waals surface area contributed by atoms with E-state index in [1.54, 1.807) is 7.11 Å². The highest BCUT2D eigenvalue weighted by Crippen LogP contribution is 2.16. The van der Waals surface area contributed by atoms with E-state index >= 15 is 0 Å². The molecule has 2 aromatic rings. The van der Waals surface area contributed by atoms with Gasteiger partial charge < -0.3 is 14.6 Å². The molecule has 1 aromatic heterocycles. The molecule has 0 aliphatic carbocycles. The minimum absolute atomic E-state index is 0.612. The summed E-state index contributed by atoms with van der Waals surface area (Å²) in [4.78, 5) is 0. The summed E-state index contributed by atoms with van der Waals surface area (Å²) in [6, 6.07) is 11.7. The van der Waals surface area contributed by atoms with Gasteiger partial charge in [0.15, 0.2) is 0 Å². The molecule has 2 rings (SSSR count). The summed E-state index contributed by atoms with van der Waals surface area (Å²) >= 11 is 0. The number of nitrogens with one attached hydrogen (secondary N) is 1. The molecular weight excluding hydrogens is 240 g/mol. The Bertz CT molecular complexity index is 573. The number of ether oxygens (including phenoxy) is 1. The number of rotatable bonds is 5. The molecular formula is C15H18N2O2. The minimum atomic E-state index is 0.612. The predicted octanol–water partition coefficient (Wildman–Crippen LogP) is 3.11. The first-order valence-corrected chi connectivity index (χ1v) is 6.16. The van der Waals surface area contributed by atoms with Crippen molar-refractivity contribution in [1.82, 2.24) is 5.43 Å². The molecule has 0 atom stereocenters. The first-order valence-electron chi connectivity index (χ1n) is 6.16. The predicted molar refractivity (Wildman–Crippen MR) is 75.5 cm³/mol. The third-order valence-corrected chi connectivity index (χ3v) is 2.81. The Morgan fingerprint density at radius 2 is 2.05 bits per heavy atom. The summed E-state index contributed by atoms with van der Waals surface area (Å²) in [5.74, 6) is 2.52. The van der Waals surface area contributed by atoms with Crippen LogP contribution in [-0.2, 0) is 6.54 Å². The lowest BCUT2D eigenvalue weighted by atomic mass is 10.2. The fourth-order valence-corrected chi connectivity index (χ4v) is 1.78. The molecule has 0 fully saturated rings. The van der Waals surface area contributed by atoms with Gasteiger partial charge in [-0.15, -0.1) is 0 Å². The van der Waals surface area contributed by atoms with E-state index in [0.29, 0.717) is 6.54 Å². The van der Waals surface area contributed by atoms with Gasteiger partial charge in [-0.3, -0.25) is 0 Å². The molecule has 100 valence electrons. The third kappa shape index (κ3) is 3.37. The van der Waals surface area contributed by atoms with E-state index < -0.39 is 0 Å². The second-order valence-electron chi connectivity index (χ2n) is 4.25. The van der Waals surface area contributed by atoms with Crippen LogP contribution in [0.15, 0.2) is 45.9 Å². The zero-order valence-electron chi connectivity index (χ0n) is 11.4. The average molecular weight is 258 g/mol. The maximum Gasteiger partial charge on any atom is 0.149 e. The van der Waals surface area contributed by atoms with Crippen molar-refractivity contribution in [1.29, 1.82) is 0 Å². The topological polar surface area (TPSA) is 46.8 Å². The standard InChI is InChI=1S/C15H18N2O2/c1-11-8-9-14(19-11)12(2)17-16-10-13-6-4-5-7-15(13)18-3/h4-9,16H,10H2,1-3H3/b17-12+. The maximum absolute atomic E-state index is 5.50. The molecule has 0 saturated heterocycles. The van der Waals surface area contributed by atoms with Crippen molar-refractivity contribution in [2.45, 2.75) is 20.4 Å². The van der Waals surface area contributed by atoms with Crippen molar-refractivity contribution in [3.05, 3.63) is 53.5 Å². The van der Waals surface area contributed by atoms with Gasteiger partial charge in [0, 0.05) is 5.56 Å². The highest BCUT2D eigenvalue weighted by molar-refractivity contribution is 5.96. The zero-order chi connectivity index (χ0) is 13.7. The van der Waals surface area contributed by atoms with Crippen molar-refractivity contribution in [3.8, 4) is 5.75 Å². The Labute approximate surface area is 113 Å². The minimum Gasteiger partial charge on any atom is -0.496 e. The molecule has 1 N–H and O–H groups in total. The van der Waals surface area contributed by atoms with Crippen LogP contribution in [0.5, 0.6) is 5.75 Å². The van der Waals surface area contributed by atoms with Gasteiger partial charge in [-0.05, 0) is 32.0 Å². The molecule has 1 heterocycles. The van der Waals surface area contributed by atoms with E-state index in [1.165, 1.54) is 0 Å². The SMILES string of the molecule is COc1ccccc1CN/N=C(\C)c1ccc(C)o1. The largest absolute Gasteiger partial charge is 0.496 e. The summed E-state index contributed by atoms with van der Waals surface area (Å²) in [5, 5.41) is 4.30. The van der Waals surface area contributed by atoms with Crippen LogP contribution in [0.25, 0.3) is 0 Å². The lowest BCUT2D eigenvalue weighted by molar-refractivity contribution is 0.408. The first kappa shape index (κ1) is 13.2. The number of hydrogen-bond donors (Lipinski definition) is 1. The Morgan fingerprint density at radius 1 is 1.26 bits per heavy atom. The van der Waals surface area contributed by atoms with Crippen LogP contribution < -0.4 is 10.2 Å². The van der Waals surface area contributed by atoms with Crippen molar-refractivity contribution in [2.75, 3.05) is 7.11 Å². The number of hydrazone groups is 1. The van der Waals surface area contributed by atoms with E-state index in [4.69, 9.17) is 9.15 Å². The van der Waals surface area contributed by atoms with Gasteiger partial charge in [-0.2, -0.15) is 5.10 Å². The number of para-hydroxylation sites is 1. The molecule has 0 bridgehead atoms. The molecule has 0 spiro atoms. The summed E-state index contributed by atoms with van der Waals surface area (Å²) < 4.78 is 10.8. The van der Waals surface area contributed by atoms with Gasteiger partial charge in [0.25, 0.3) is 0 Å². The van der Waals surface area contributed by atoms with E-state index in [-0.39, 0.29) is 0 Å². The average Bonchev–Trinajstić information content (AvgIpc) is 2.86.